The second-order valence-electron chi connectivity index (χ2n) is 2.99. The van der Waals surface area contributed by atoms with Crippen LogP contribution in [0.2, 0.25) is 0 Å². The van der Waals surface area contributed by atoms with Gasteiger partial charge in [-0.05, 0) is 12.8 Å². The van der Waals surface area contributed by atoms with E-state index in [1.54, 1.807) is 0 Å². The zero-order valence-electron chi connectivity index (χ0n) is 8.29. The molecule has 5 nitrogen and oxygen atoms in total. The lowest BCUT2D eigenvalue weighted by molar-refractivity contribution is -0.174. The smallest absolute Gasteiger partial charge is 0.411 e. The number of hydrogen-bond donors (Lipinski definition) is 2. The Labute approximate surface area is 89.6 Å². The van der Waals surface area contributed by atoms with E-state index < -0.39 is 24.8 Å². The highest BCUT2D eigenvalue weighted by atomic mass is 19.4. The number of aliphatic carboxylic acids is 1. The van der Waals surface area contributed by atoms with Crippen molar-refractivity contribution in [2.24, 2.45) is 0 Å². The van der Waals surface area contributed by atoms with E-state index in [-0.39, 0.29) is 25.9 Å². The molecular weight excluding hydrogens is 231 g/mol. The number of halogens is 3. The predicted octanol–water partition coefficient (Wildman–Crippen LogP) is 0.545. The third kappa shape index (κ3) is 8.04. The summed E-state index contributed by atoms with van der Waals surface area (Å²) in [5, 5.41) is 10.6. The first kappa shape index (κ1) is 14.7. The summed E-state index contributed by atoms with van der Waals surface area (Å²) in [7, 11) is 0. The van der Waals surface area contributed by atoms with Gasteiger partial charge in [0.25, 0.3) is 0 Å². The van der Waals surface area contributed by atoms with Crippen molar-refractivity contribution in [3.8, 4) is 0 Å². The average molecular weight is 243 g/mol. The van der Waals surface area contributed by atoms with Crippen molar-refractivity contribution < 1.29 is 32.6 Å². The molecule has 0 bridgehead atoms. The van der Waals surface area contributed by atoms with Crippen molar-refractivity contribution >= 4 is 12.4 Å². The van der Waals surface area contributed by atoms with Crippen LogP contribution in [0.25, 0.3) is 0 Å². The van der Waals surface area contributed by atoms with Gasteiger partial charge in [0.15, 0.2) is 0 Å². The van der Waals surface area contributed by atoms with Crippen LogP contribution in [-0.2, 0) is 14.3 Å². The topological polar surface area (TPSA) is 75.6 Å². The summed E-state index contributed by atoms with van der Waals surface area (Å²) in [6.07, 6.45) is -4.01. The van der Waals surface area contributed by atoms with E-state index in [0.29, 0.717) is 0 Å². The fourth-order valence-electron chi connectivity index (χ4n) is 0.938. The molecule has 0 aliphatic carbocycles. The van der Waals surface area contributed by atoms with Gasteiger partial charge in [-0.2, -0.15) is 13.2 Å². The summed E-state index contributed by atoms with van der Waals surface area (Å²) in [5.74, 6) is -1.23. The third-order valence-corrected chi connectivity index (χ3v) is 1.61. The van der Waals surface area contributed by atoms with Crippen molar-refractivity contribution in [3.05, 3.63) is 0 Å². The van der Waals surface area contributed by atoms with Gasteiger partial charge in [0, 0.05) is 6.61 Å². The zero-order chi connectivity index (χ0) is 12.6. The summed E-state index contributed by atoms with van der Waals surface area (Å²) in [4.78, 5) is 20.5. The molecule has 0 rings (SSSR count). The van der Waals surface area contributed by atoms with Gasteiger partial charge in [-0.3, -0.25) is 4.79 Å². The Morgan fingerprint density at radius 3 is 2.56 bits per heavy atom. The Morgan fingerprint density at radius 2 is 2.12 bits per heavy atom. The van der Waals surface area contributed by atoms with E-state index in [1.165, 1.54) is 0 Å². The van der Waals surface area contributed by atoms with E-state index in [9.17, 15) is 22.8 Å². The first-order valence-corrected chi connectivity index (χ1v) is 4.44. The molecule has 2 N–H and O–H groups in total. The molecule has 0 saturated heterocycles. The van der Waals surface area contributed by atoms with Crippen LogP contribution < -0.4 is 5.32 Å². The highest BCUT2D eigenvalue weighted by molar-refractivity contribution is 5.76. The molecular formula is C8H12F3NO4. The van der Waals surface area contributed by atoms with Gasteiger partial charge in [-0.1, -0.05) is 0 Å². The number of carbonyl (C=O) groups excluding carboxylic acids is 1. The van der Waals surface area contributed by atoms with Crippen LogP contribution in [0.15, 0.2) is 0 Å². The second-order valence-corrected chi connectivity index (χ2v) is 2.99. The van der Waals surface area contributed by atoms with Crippen LogP contribution in [-0.4, -0.2) is 42.9 Å². The number of carbonyl (C=O) groups is 2. The Hall–Kier alpha value is -1.31. The van der Waals surface area contributed by atoms with Gasteiger partial charge in [0.1, 0.15) is 12.6 Å². The van der Waals surface area contributed by atoms with Crippen molar-refractivity contribution in [3.63, 3.8) is 0 Å². The van der Waals surface area contributed by atoms with Crippen molar-refractivity contribution in [2.75, 3.05) is 13.2 Å². The van der Waals surface area contributed by atoms with E-state index >= 15 is 0 Å². The number of nitrogens with one attached hydrogen (secondary N) is 1. The number of rotatable bonds is 8. The molecule has 0 fully saturated rings. The van der Waals surface area contributed by atoms with E-state index in [4.69, 9.17) is 5.11 Å². The highest BCUT2D eigenvalue weighted by Crippen LogP contribution is 2.14. The summed E-state index contributed by atoms with van der Waals surface area (Å²) in [5.41, 5.74) is 0. The maximum atomic E-state index is 11.6. The standard InChI is InChI=1S/C8H12F3NO4/c9-8(10,11)4-16-3-1-2-6(7(14)15)12-5-13/h5-6H,1-4H2,(H,12,13)(H,14,15). The zero-order valence-corrected chi connectivity index (χ0v) is 8.29. The van der Waals surface area contributed by atoms with Crippen molar-refractivity contribution in [1.82, 2.24) is 5.32 Å². The normalized spacial score (nSPS) is 13.2. The fraction of sp³-hybridized carbons (Fsp3) is 0.750. The summed E-state index contributed by atoms with van der Waals surface area (Å²) in [6, 6.07) is -1.09. The van der Waals surface area contributed by atoms with Crippen molar-refractivity contribution in [2.45, 2.75) is 25.1 Å². The highest BCUT2D eigenvalue weighted by Gasteiger charge is 2.27. The number of amides is 1. The van der Waals surface area contributed by atoms with Crippen LogP contribution in [0, 0.1) is 0 Å². The molecule has 0 aliphatic heterocycles. The van der Waals surface area contributed by atoms with Crippen LogP contribution in [0.5, 0.6) is 0 Å². The molecule has 8 heteroatoms. The fourth-order valence-corrected chi connectivity index (χ4v) is 0.938. The molecule has 1 atom stereocenters. The Kier molecular flexibility index (Phi) is 6.47. The molecule has 0 aromatic rings. The van der Waals surface area contributed by atoms with Gasteiger partial charge < -0.3 is 15.2 Å². The number of carboxylic acid groups (broad SMARTS) is 1. The molecule has 0 radical (unpaired) electrons. The summed E-state index contributed by atoms with van der Waals surface area (Å²) >= 11 is 0. The lowest BCUT2D eigenvalue weighted by Gasteiger charge is -2.11. The SMILES string of the molecule is O=CNC(CCCOCC(F)(F)F)C(=O)O. The minimum atomic E-state index is -4.38. The quantitative estimate of drug-likeness (QED) is 0.482. The van der Waals surface area contributed by atoms with Crippen molar-refractivity contribution in [1.29, 1.82) is 0 Å². The molecule has 16 heavy (non-hydrogen) atoms. The number of ether oxygens (including phenoxy) is 1. The number of alkyl halides is 3. The van der Waals surface area contributed by atoms with Crippen LogP contribution in [0.1, 0.15) is 12.8 Å². The Bertz CT molecular complexity index is 232. The molecule has 1 unspecified atom stereocenters. The van der Waals surface area contributed by atoms with Gasteiger partial charge in [-0.25, -0.2) is 4.79 Å². The Morgan fingerprint density at radius 1 is 1.50 bits per heavy atom. The lowest BCUT2D eigenvalue weighted by Crippen LogP contribution is -2.35. The Balaban J connectivity index is 3.63. The molecule has 94 valence electrons. The third-order valence-electron chi connectivity index (χ3n) is 1.61. The van der Waals surface area contributed by atoms with E-state index in [2.05, 4.69) is 4.74 Å². The number of hydrogen-bond acceptors (Lipinski definition) is 3. The molecule has 1 amide bonds. The molecule has 0 heterocycles. The minimum Gasteiger partial charge on any atom is -0.480 e. The lowest BCUT2D eigenvalue weighted by atomic mass is 10.1. The molecule has 0 aromatic carbocycles. The predicted molar refractivity (Wildman–Crippen MR) is 46.7 cm³/mol. The minimum absolute atomic E-state index is 0.0198. The van der Waals surface area contributed by atoms with Crippen LogP contribution in [0.3, 0.4) is 0 Å². The summed E-state index contributed by atoms with van der Waals surface area (Å²) < 4.78 is 39.1. The van der Waals surface area contributed by atoms with Crippen LogP contribution in [0.4, 0.5) is 13.2 Å². The number of carboxylic acids is 1. The van der Waals surface area contributed by atoms with E-state index in [0.717, 1.165) is 0 Å². The largest absolute Gasteiger partial charge is 0.480 e. The molecule has 0 aromatic heterocycles. The maximum Gasteiger partial charge on any atom is 0.411 e. The van der Waals surface area contributed by atoms with Gasteiger partial charge >= 0.3 is 12.1 Å². The first-order chi connectivity index (χ1) is 7.37. The first-order valence-electron chi connectivity index (χ1n) is 4.44. The summed E-state index contributed by atoms with van der Waals surface area (Å²) in [6.45, 7) is -1.56. The molecule has 0 spiro atoms. The maximum absolute atomic E-state index is 11.6. The average Bonchev–Trinajstić information content (AvgIpc) is 2.13. The van der Waals surface area contributed by atoms with Crippen LogP contribution >= 0.6 is 0 Å². The molecule has 0 saturated carbocycles. The monoisotopic (exact) mass is 243 g/mol. The molecule has 0 aliphatic rings. The van der Waals surface area contributed by atoms with Gasteiger partial charge in [-0.15, -0.1) is 0 Å². The van der Waals surface area contributed by atoms with E-state index in [1.807, 2.05) is 5.32 Å². The second kappa shape index (κ2) is 7.04. The van der Waals surface area contributed by atoms with Gasteiger partial charge in [0.2, 0.25) is 6.41 Å². The van der Waals surface area contributed by atoms with Gasteiger partial charge in [0.05, 0.1) is 0 Å².